The molecule has 2 unspecified atom stereocenters. The summed E-state index contributed by atoms with van der Waals surface area (Å²) in [5.41, 5.74) is -33.8. The molecule has 0 bridgehead atoms. The van der Waals surface area contributed by atoms with Crippen LogP contribution in [-0.2, 0) is 4.79 Å². The molecule has 0 saturated heterocycles. The summed E-state index contributed by atoms with van der Waals surface area (Å²) >= 11 is 3.78. The number of hydrogen-bond donors (Lipinski definition) is 0. The fourth-order valence-electron chi connectivity index (χ4n) is 2.72. The SMILES string of the molecule is O=C(Cl)C1(F)C(F)(C(F)(F)F)C(F)(F)C(F)(C(F)(F)F)C(F)(F)C1(F)C(F)(F)F. The van der Waals surface area contributed by atoms with Gasteiger partial charge in [-0.15, -0.1) is 0 Å². The van der Waals surface area contributed by atoms with Crippen LogP contribution in [-0.4, -0.2) is 58.3 Å². The molecule has 0 aromatic rings. The van der Waals surface area contributed by atoms with Crippen LogP contribution in [0.2, 0.25) is 0 Å². The van der Waals surface area contributed by atoms with E-state index in [4.69, 9.17) is 0 Å². The van der Waals surface area contributed by atoms with Crippen LogP contribution in [0.5, 0.6) is 0 Å². The number of carbonyl (C=O) groups is 1. The van der Waals surface area contributed by atoms with Crippen molar-refractivity contribution in [2.24, 2.45) is 0 Å². The zero-order valence-electron chi connectivity index (χ0n) is 12.2. The number of hydrogen-bond acceptors (Lipinski definition) is 1. The number of alkyl halides is 17. The van der Waals surface area contributed by atoms with E-state index < -0.39 is 58.3 Å². The molecule has 1 aliphatic carbocycles. The van der Waals surface area contributed by atoms with Gasteiger partial charge in [-0.05, 0) is 11.6 Å². The van der Waals surface area contributed by atoms with E-state index in [1.165, 1.54) is 0 Å². The predicted octanol–water partition coefficient (Wildman–Crippen LogP) is 5.56. The molecule has 172 valence electrons. The van der Waals surface area contributed by atoms with Crippen molar-refractivity contribution in [2.45, 2.75) is 53.0 Å². The summed E-state index contributed by atoms with van der Waals surface area (Å²) < 4.78 is 226. The van der Waals surface area contributed by atoms with Crippen LogP contribution in [0.15, 0.2) is 0 Å². The van der Waals surface area contributed by atoms with Gasteiger partial charge in [-0.25, -0.2) is 17.6 Å². The Morgan fingerprint density at radius 2 is 0.724 bits per heavy atom. The Morgan fingerprint density at radius 3 is 0.862 bits per heavy atom. The third-order valence-corrected chi connectivity index (χ3v) is 4.38. The topological polar surface area (TPSA) is 17.1 Å². The van der Waals surface area contributed by atoms with Crippen molar-refractivity contribution < 1.29 is 79.4 Å². The quantitative estimate of drug-likeness (QED) is 0.345. The third-order valence-electron chi connectivity index (χ3n) is 4.12. The molecule has 1 fully saturated rings. The molecule has 0 aromatic heterocycles. The second-order valence-electron chi connectivity index (χ2n) is 5.55. The first-order valence-electron chi connectivity index (χ1n) is 6.11. The zero-order valence-corrected chi connectivity index (χ0v) is 13.0. The molecule has 0 amide bonds. The van der Waals surface area contributed by atoms with Gasteiger partial charge in [0.25, 0.3) is 10.9 Å². The molecule has 1 aliphatic rings. The summed E-state index contributed by atoms with van der Waals surface area (Å²) in [5, 5.41) is -4.54. The van der Waals surface area contributed by atoms with Crippen LogP contribution >= 0.6 is 11.6 Å². The highest BCUT2D eigenvalue weighted by atomic mass is 35.5. The molecule has 0 aliphatic heterocycles. The largest absolute Gasteiger partial charge is 0.434 e. The zero-order chi connectivity index (χ0) is 24.1. The molecular weight excluding hydrogens is 495 g/mol. The summed E-state index contributed by atoms with van der Waals surface area (Å²) in [7, 11) is 0. The second-order valence-corrected chi connectivity index (χ2v) is 5.89. The second kappa shape index (κ2) is 5.72. The molecule has 0 heterocycles. The molecule has 2 atom stereocenters. The van der Waals surface area contributed by atoms with Crippen molar-refractivity contribution in [2.75, 3.05) is 0 Å². The lowest BCUT2D eigenvalue weighted by atomic mass is 9.56. The molecule has 0 radical (unpaired) electrons. The normalized spacial score (nSPS) is 40.6. The fourth-order valence-corrected chi connectivity index (χ4v) is 2.98. The Morgan fingerprint density at radius 1 is 0.517 bits per heavy atom. The van der Waals surface area contributed by atoms with Crippen LogP contribution in [0, 0.1) is 0 Å². The smallest absolute Gasteiger partial charge is 0.277 e. The maximum atomic E-state index is 14.3. The number of halogens is 18. The Hall–Kier alpha value is -1.23. The van der Waals surface area contributed by atoms with Gasteiger partial charge in [0.1, 0.15) is 0 Å². The average molecular weight is 495 g/mol. The van der Waals surface area contributed by atoms with Crippen LogP contribution in [0.4, 0.5) is 74.6 Å². The molecule has 1 rings (SSSR count). The first-order chi connectivity index (χ1) is 12.2. The van der Waals surface area contributed by atoms with E-state index >= 15 is 0 Å². The van der Waals surface area contributed by atoms with Crippen molar-refractivity contribution in [1.82, 2.24) is 0 Å². The molecule has 1 saturated carbocycles. The Balaban J connectivity index is 4.56. The molecule has 1 nitrogen and oxygen atoms in total. The van der Waals surface area contributed by atoms with Crippen molar-refractivity contribution in [1.29, 1.82) is 0 Å². The maximum Gasteiger partial charge on any atom is 0.434 e. The van der Waals surface area contributed by atoms with Gasteiger partial charge in [-0.3, -0.25) is 4.79 Å². The lowest BCUT2D eigenvalue weighted by molar-refractivity contribution is -0.505. The Labute approximate surface area is 150 Å². The summed E-state index contributed by atoms with van der Waals surface area (Å²) in [5.74, 6) is -17.2. The molecule has 0 spiro atoms. The lowest BCUT2D eigenvalue weighted by Crippen LogP contribution is -2.95. The van der Waals surface area contributed by atoms with Gasteiger partial charge < -0.3 is 0 Å². The minimum absolute atomic E-state index is 3.78. The first kappa shape index (κ1) is 25.8. The molecule has 29 heavy (non-hydrogen) atoms. The van der Waals surface area contributed by atoms with E-state index in [2.05, 4.69) is 11.6 Å². The average Bonchev–Trinajstić information content (AvgIpc) is 2.45. The van der Waals surface area contributed by atoms with Gasteiger partial charge in [-0.1, -0.05) is 0 Å². The van der Waals surface area contributed by atoms with E-state index in [-0.39, 0.29) is 0 Å². The van der Waals surface area contributed by atoms with Gasteiger partial charge in [0, 0.05) is 0 Å². The summed E-state index contributed by atoms with van der Waals surface area (Å²) in [6.45, 7) is 0. The van der Waals surface area contributed by atoms with E-state index in [1.54, 1.807) is 0 Å². The predicted molar refractivity (Wildman–Crippen MR) is 54.3 cm³/mol. The molecule has 0 aromatic carbocycles. The highest BCUT2D eigenvalue weighted by molar-refractivity contribution is 6.66. The molecule has 0 N–H and O–H groups in total. The monoisotopic (exact) mass is 494 g/mol. The molecular formula is C10ClF17O. The van der Waals surface area contributed by atoms with E-state index in [9.17, 15) is 79.4 Å². The standard InChI is InChI=1S/C10ClF17O/c11-1(29)2(12)3(13,8(20,21)22)6(16,17)5(15,10(26,27)28)7(18,19)4(2,14)9(23,24)25. The lowest BCUT2D eigenvalue weighted by Gasteiger charge is -2.59. The van der Waals surface area contributed by atoms with E-state index in [0.717, 1.165) is 0 Å². The third kappa shape index (κ3) is 2.23. The number of rotatable bonds is 1. The van der Waals surface area contributed by atoms with Gasteiger partial charge in [0.15, 0.2) is 0 Å². The minimum atomic E-state index is -8.68. The van der Waals surface area contributed by atoms with Crippen LogP contribution in [0.25, 0.3) is 0 Å². The van der Waals surface area contributed by atoms with Gasteiger partial charge >= 0.3 is 47.4 Å². The summed E-state index contributed by atoms with van der Waals surface area (Å²) in [4.78, 5) is 10.7. The fraction of sp³-hybridized carbons (Fsp3) is 0.900. The Bertz CT molecular complexity index is 662. The van der Waals surface area contributed by atoms with Crippen molar-refractivity contribution in [3.63, 3.8) is 0 Å². The summed E-state index contributed by atoms with van der Waals surface area (Å²) in [6.07, 6.45) is -24.8. The first-order valence-corrected chi connectivity index (χ1v) is 6.48. The van der Waals surface area contributed by atoms with Gasteiger partial charge in [-0.2, -0.15) is 57.1 Å². The summed E-state index contributed by atoms with van der Waals surface area (Å²) in [6, 6.07) is 0. The van der Waals surface area contributed by atoms with Crippen LogP contribution in [0.1, 0.15) is 0 Å². The van der Waals surface area contributed by atoms with E-state index in [1.807, 2.05) is 0 Å². The highest BCUT2D eigenvalue weighted by Gasteiger charge is 3.10. The van der Waals surface area contributed by atoms with Crippen molar-refractivity contribution in [3.05, 3.63) is 0 Å². The van der Waals surface area contributed by atoms with Crippen LogP contribution in [0.3, 0.4) is 0 Å². The Kier molecular flexibility index (Phi) is 5.09. The van der Waals surface area contributed by atoms with Crippen LogP contribution < -0.4 is 0 Å². The van der Waals surface area contributed by atoms with Crippen molar-refractivity contribution >= 4 is 16.8 Å². The number of carbonyl (C=O) groups excluding carboxylic acids is 1. The molecule has 19 heteroatoms. The highest BCUT2D eigenvalue weighted by Crippen LogP contribution is 2.76. The van der Waals surface area contributed by atoms with Gasteiger partial charge in [0.2, 0.25) is 0 Å². The van der Waals surface area contributed by atoms with Crippen molar-refractivity contribution in [3.8, 4) is 0 Å². The minimum Gasteiger partial charge on any atom is -0.277 e. The van der Waals surface area contributed by atoms with Gasteiger partial charge in [0.05, 0.1) is 0 Å². The maximum absolute atomic E-state index is 14.3. The van der Waals surface area contributed by atoms with E-state index in [0.29, 0.717) is 0 Å².